The number of carbonyl (C=O) groups excluding carboxylic acids is 2. The Morgan fingerprint density at radius 2 is 1.81 bits per heavy atom. The molecular weight excluding hydrogens is 266 g/mol. The van der Waals surface area contributed by atoms with Crippen LogP contribution in [0.5, 0.6) is 0 Å². The van der Waals surface area contributed by atoms with Gasteiger partial charge in [0.05, 0.1) is 0 Å². The summed E-state index contributed by atoms with van der Waals surface area (Å²) in [5.74, 6) is 1.57. The third-order valence-electron chi connectivity index (χ3n) is 5.81. The van der Waals surface area contributed by atoms with E-state index in [2.05, 4.69) is 22.5 Å². The zero-order valence-corrected chi connectivity index (χ0v) is 13.0. The van der Waals surface area contributed by atoms with Crippen molar-refractivity contribution in [2.24, 2.45) is 11.8 Å². The van der Waals surface area contributed by atoms with E-state index in [9.17, 15) is 9.59 Å². The summed E-state index contributed by atoms with van der Waals surface area (Å²) in [5, 5.41) is 5.22. The number of nitrogens with zero attached hydrogens (tertiary/aromatic N) is 1. The number of nitrogens with one attached hydrogen (secondary N) is 2. The quantitative estimate of drug-likeness (QED) is 0.781. The summed E-state index contributed by atoms with van der Waals surface area (Å²) in [6, 6.07) is -0.327. The fourth-order valence-electron chi connectivity index (χ4n) is 4.39. The van der Waals surface area contributed by atoms with E-state index in [4.69, 9.17) is 0 Å². The second-order valence-corrected chi connectivity index (χ2v) is 7.00. The largest absolute Gasteiger partial charge is 0.323 e. The van der Waals surface area contributed by atoms with Gasteiger partial charge in [-0.05, 0) is 31.1 Å². The zero-order chi connectivity index (χ0) is 14.9. The van der Waals surface area contributed by atoms with E-state index in [-0.39, 0.29) is 11.9 Å². The van der Waals surface area contributed by atoms with Gasteiger partial charge in [-0.25, -0.2) is 4.79 Å². The molecule has 5 heteroatoms. The van der Waals surface area contributed by atoms with Gasteiger partial charge in [0.1, 0.15) is 5.54 Å². The molecule has 0 aromatic rings. The fraction of sp³-hybridized carbons (Fsp3) is 0.875. The molecule has 0 unspecified atom stereocenters. The molecule has 1 spiro atoms. The molecule has 0 bridgehead atoms. The van der Waals surface area contributed by atoms with Gasteiger partial charge in [-0.1, -0.05) is 32.6 Å². The summed E-state index contributed by atoms with van der Waals surface area (Å²) >= 11 is 0. The van der Waals surface area contributed by atoms with Crippen LogP contribution in [0.3, 0.4) is 0 Å². The van der Waals surface area contributed by atoms with Gasteiger partial charge in [0.15, 0.2) is 0 Å². The highest BCUT2D eigenvalue weighted by atomic mass is 16.2. The van der Waals surface area contributed by atoms with Crippen LogP contribution in [-0.2, 0) is 4.79 Å². The van der Waals surface area contributed by atoms with E-state index in [0.717, 1.165) is 37.8 Å². The first-order chi connectivity index (χ1) is 10.1. The Morgan fingerprint density at radius 1 is 1.14 bits per heavy atom. The van der Waals surface area contributed by atoms with Crippen LogP contribution < -0.4 is 10.6 Å². The highest BCUT2D eigenvalue weighted by Crippen LogP contribution is 2.34. The molecule has 118 valence electrons. The minimum absolute atomic E-state index is 0.128. The summed E-state index contributed by atoms with van der Waals surface area (Å²) in [4.78, 5) is 25.8. The lowest BCUT2D eigenvalue weighted by Gasteiger charge is -2.40. The highest BCUT2D eigenvalue weighted by Gasteiger charge is 2.47. The number of hydrogen-bond acceptors (Lipinski definition) is 3. The monoisotopic (exact) mass is 293 g/mol. The van der Waals surface area contributed by atoms with Crippen molar-refractivity contribution in [3.63, 3.8) is 0 Å². The van der Waals surface area contributed by atoms with Crippen LogP contribution in [0.4, 0.5) is 4.79 Å². The second-order valence-electron chi connectivity index (χ2n) is 7.00. The van der Waals surface area contributed by atoms with Gasteiger partial charge in [0.25, 0.3) is 5.91 Å². The molecule has 2 N–H and O–H groups in total. The number of urea groups is 1. The fourth-order valence-corrected chi connectivity index (χ4v) is 4.39. The molecule has 1 aliphatic carbocycles. The summed E-state index contributed by atoms with van der Waals surface area (Å²) in [5.41, 5.74) is -0.621. The average molecular weight is 293 g/mol. The lowest BCUT2D eigenvalue weighted by Crippen LogP contribution is -2.55. The molecular formula is C16H27N3O2. The summed E-state index contributed by atoms with van der Waals surface area (Å²) in [7, 11) is 0. The van der Waals surface area contributed by atoms with Crippen LogP contribution in [0.2, 0.25) is 0 Å². The Hall–Kier alpha value is -1.10. The third kappa shape index (κ3) is 2.93. The number of hydrogen-bond donors (Lipinski definition) is 2. The second kappa shape index (κ2) is 5.95. The molecule has 2 saturated heterocycles. The maximum absolute atomic E-state index is 11.9. The molecule has 1 saturated carbocycles. The van der Waals surface area contributed by atoms with Crippen LogP contribution in [0, 0.1) is 11.8 Å². The van der Waals surface area contributed by atoms with Gasteiger partial charge in [-0.3, -0.25) is 10.1 Å². The van der Waals surface area contributed by atoms with Crippen molar-refractivity contribution in [1.82, 2.24) is 15.5 Å². The van der Waals surface area contributed by atoms with E-state index < -0.39 is 5.54 Å². The molecule has 3 aliphatic rings. The topological polar surface area (TPSA) is 61.4 Å². The van der Waals surface area contributed by atoms with Crippen molar-refractivity contribution in [1.29, 1.82) is 0 Å². The van der Waals surface area contributed by atoms with Crippen molar-refractivity contribution in [3.05, 3.63) is 0 Å². The molecule has 3 fully saturated rings. The van der Waals surface area contributed by atoms with Crippen LogP contribution in [0.15, 0.2) is 0 Å². The lowest BCUT2D eigenvalue weighted by atomic mass is 9.77. The molecule has 0 radical (unpaired) electrons. The number of likely N-dealkylation sites (tertiary alicyclic amines) is 1. The normalized spacial score (nSPS) is 33.0. The van der Waals surface area contributed by atoms with E-state index >= 15 is 0 Å². The van der Waals surface area contributed by atoms with Crippen molar-refractivity contribution < 1.29 is 9.59 Å². The average Bonchev–Trinajstić information content (AvgIpc) is 2.76. The standard InChI is InChI=1S/C16H27N3O2/c1-2-12-5-3-4-6-13(12)11-19-9-7-16(8-10-19)14(20)17-15(21)18-16/h12-13H,2-11H2,1H3,(H2,17,18,20,21)/t12-,13-/m0/s1. The summed E-state index contributed by atoms with van der Waals surface area (Å²) in [6.07, 6.45) is 8.29. The molecule has 3 rings (SSSR count). The van der Waals surface area contributed by atoms with Crippen molar-refractivity contribution in [2.45, 2.75) is 57.4 Å². The predicted molar refractivity (Wildman–Crippen MR) is 80.8 cm³/mol. The molecule has 2 atom stereocenters. The molecule has 3 amide bonds. The molecule has 5 nitrogen and oxygen atoms in total. The lowest BCUT2D eigenvalue weighted by molar-refractivity contribution is -0.125. The SMILES string of the molecule is CC[C@H]1CCCC[C@H]1CN1CCC2(CC1)NC(=O)NC2=O. The Balaban J connectivity index is 1.54. The number of carbonyl (C=O) groups is 2. The van der Waals surface area contributed by atoms with E-state index in [1.54, 1.807) is 0 Å². The summed E-state index contributed by atoms with van der Waals surface area (Å²) in [6.45, 7) is 5.32. The highest BCUT2D eigenvalue weighted by molar-refractivity contribution is 6.07. The van der Waals surface area contributed by atoms with Crippen LogP contribution >= 0.6 is 0 Å². The van der Waals surface area contributed by atoms with E-state index in [0.29, 0.717) is 0 Å². The first-order valence-electron chi connectivity index (χ1n) is 8.49. The van der Waals surface area contributed by atoms with Gasteiger partial charge >= 0.3 is 6.03 Å². The number of amides is 3. The minimum atomic E-state index is -0.621. The number of imide groups is 1. The molecule has 2 heterocycles. The van der Waals surface area contributed by atoms with E-state index in [1.807, 2.05) is 0 Å². The van der Waals surface area contributed by atoms with Crippen LogP contribution in [-0.4, -0.2) is 42.0 Å². The van der Waals surface area contributed by atoms with Gasteiger partial charge in [0, 0.05) is 19.6 Å². The first-order valence-corrected chi connectivity index (χ1v) is 8.49. The molecule has 0 aromatic carbocycles. The summed E-state index contributed by atoms with van der Waals surface area (Å²) < 4.78 is 0. The zero-order valence-electron chi connectivity index (χ0n) is 13.0. The Morgan fingerprint density at radius 3 is 2.38 bits per heavy atom. The molecule has 2 aliphatic heterocycles. The maximum Gasteiger partial charge on any atom is 0.322 e. The molecule has 0 aromatic heterocycles. The maximum atomic E-state index is 11.9. The van der Waals surface area contributed by atoms with Crippen molar-refractivity contribution in [2.75, 3.05) is 19.6 Å². The van der Waals surface area contributed by atoms with Crippen molar-refractivity contribution >= 4 is 11.9 Å². The number of piperidine rings is 1. The molecule has 21 heavy (non-hydrogen) atoms. The Labute approximate surface area is 126 Å². The van der Waals surface area contributed by atoms with Gasteiger partial charge < -0.3 is 10.2 Å². The Bertz CT molecular complexity index is 416. The number of rotatable bonds is 3. The van der Waals surface area contributed by atoms with Gasteiger partial charge in [-0.15, -0.1) is 0 Å². The first kappa shape index (κ1) is 14.8. The minimum Gasteiger partial charge on any atom is -0.323 e. The smallest absolute Gasteiger partial charge is 0.322 e. The Kier molecular flexibility index (Phi) is 4.20. The van der Waals surface area contributed by atoms with E-state index in [1.165, 1.54) is 38.6 Å². The van der Waals surface area contributed by atoms with Crippen LogP contribution in [0.1, 0.15) is 51.9 Å². The van der Waals surface area contributed by atoms with Gasteiger partial charge in [-0.2, -0.15) is 0 Å². The van der Waals surface area contributed by atoms with Crippen LogP contribution in [0.25, 0.3) is 0 Å². The third-order valence-corrected chi connectivity index (χ3v) is 5.81. The van der Waals surface area contributed by atoms with Gasteiger partial charge in [0.2, 0.25) is 0 Å². The van der Waals surface area contributed by atoms with Crippen molar-refractivity contribution in [3.8, 4) is 0 Å². The predicted octanol–water partition coefficient (Wildman–Crippen LogP) is 1.88.